The number of hydrogen-bond donors (Lipinski definition) is 1. The first-order chi connectivity index (χ1) is 12.9. The lowest BCUT2D eigenvalue weighted by molar-refractivity contribution is 0.102. The second kappa shape index (κ2) is 8.10. The highest BCUT2D eigenvalue weighted by Gasteiger charge is 2.27. The lowest BCUT2D eigenvalue weighted by Crippen LogP contribution is -2.38. The van der Waals surface area contributed by atoms with E-state index in [9.17, 15) is 17.6 Å². The number of rotatable bonds is 6. The molecule has 3 rings (SSSR count). The third-order valence-electron chi connectivity index (χ3n) is 4.36. The van der Waals surface area contributed by atoms with Gasteiger partial charge in [0.2, 0.25) is 16.0 Å². The second-order valence-corrected chi connectivity index (χ2v) is 8.47. The summed E-state index contributed by atoms with van der Waals surface area (Å²) in [4.78, 5) is 20.6. The molecule has 0 bridgehead atoms. The zero-order valence-electron chi connectivity index (χ0n) is 15.0. The molecule has 1 aliphatic rings. The minimum absolute atomic E-state index is 0.116. The molecule has 1 aromatic carbocycles. The maximum Gasteiger partial charge on any atom is 0.258 e. The minimum Gasteiger partial charge on any atom is -0.290 e. The van der Waals surface area contributed by atoms with Gasteiger partial charge in [-0.25, -0.2) is 22.8 Å². The van der Waals surface area contributed by atoms with Crippen LogP contribution in [0.3, 0.4) is 0 Å². The molecule has 0 fully saturated rings. The van der Waals surface area contributed by atoms with E-state index in [0.717, 1.165) is 18.1 Å². The molecular formula is C18H21FN4O3S. The lowest BCUT2D eigenvalue weighted by Gasteiger charge is -2.27. The molecule has 2 aromatic rings. The summed E-state index contributed by atoms with van der Waals surface area (Å²) >= 11 is 0. The third kappa shape index (κ3) is 4.67. The molecule has 0 unspecified atom stereocenters. The number of amides is 1. The van der Waals surface area contributed by atoms with E-state index < -0.39 is 21.7 Å². The Kier molecular flexibility index (Phi) is 5.81. The molecule has 2 heterocycles. The number of benzene rings is 1. The molecule has 0 aliphatic carbocycles. The number of nitrogens with zero attached hydrogens (tertiary/aromatic N) is 3. The van der Waals surface area contributed by atoms with E-state index in [0.29, 0.717) is 25.1 Å². The molecule has 9 heteroatoms. The summed E-state index contributed by atoms with van der Waals surface area (Å²) in [6, 6.07) is 5.33. The van der Waals surface area contributed by atoms with Gasteiger partial charge < -0.3 is 0 Å². The van der Waals surface area contributed by atoms with Crippen LogP contribution in [0.2, 0.25) is 0 Å². The van der Waals surface area contributed by atoms with Gasteiger partial charge in [0.05, 0.1) is 11.4 Å². The fourth-order valence-corrected chi connectivity index (χ4v) is 4.46. The van der Waals surface area contributed by atoms with Crippen LogP contribution in [0.25, 0.3) is 0 Å². The Morgan fingerprint density at radius 2 is 2.19 bits per heavy atom. The molecule has 144 valence electrons. The summed E-state index contributed by atoms with van der Waals surface area (Å²) in [6.07, 6.45) is 3.44. The van der Waals surface area contributed by atoms with Crippen molar-refractivity contribution in [3.63, 3.8) is 0 Å². The Labute approximate surface area is 157 Å². The van der Waals surface area contributed by atoms with Crippen LogP contribution >= 0.6 is 0 Å². The summed E-state index contributed by atoms with van der Waals surface area (Å²) < 4.78 is 39.4. The van der Waals surface area contributed by atoms with Crippen molar-refractivity contribution in [2.45, 2.75) is 32.7 Å². The number of fused-ring (bicyclic) bond motifs is 1. The van der Waals surface area contributed by atoms with Crippen molar-refractivity contribution in [3.8, 4) is 0 Å². The Hall–Kier alpha value is -2.39. The van der Waals surface area contributed by atoms with Crippen molar-refractivity contribution in [1.29, 1.82) is 0 Å². The second-order valence-electron chi connectivity index (χ2n) is 6.38. The first-order valence-corrected chi connectivity index (χ1v) is 10.4. The van der Waals surface area contributed by atoms with Gasteiger partial charge in [-0.05, 0) is 24.6 Å². The van der Waals surface area contributed by atoms with Gasteiger partial charge >= 0.3 is 0 Å². The van der Waals surface area contributed by atoms with E-state index in [1.54, 1.807) is 0 Å². The normalized spacial score (nSPS) is 14.6. The van der Waals surface area contributed by atoms with Gasteiger partial charge in [0.15, 0.2) is 0 Å². The molecule has 0 saturated carbocycles. The summed E-state index contributed by atoms with van der Waals surface area (Å²) in [5.74, 6) is -0.751. The molecule has 0 saturated heterocycles. The van der Waals surface area contributed by atoms with Gasteiger partial charge in [-0.1, -0.05) is 19.4 Å². The van der Waals surface area contributed by atoms with Gasteiger partial charge in [0.1, 0.15) is 5.82 Å². The number of unbranched alkanes of at least 4 members (excludes halogenated alkanes) is 1. The smallest absolute Gasteiger partial charge is 0.258 e. The average molecular weight is 392 g/mol. The van der Waals surface area contributed by atoms with Crippen LogP contribution in [-0.2, 0) is 23.0 Å². The molecule has 1 aliphatic heterocycles. The first-order valence-electron chi connectivity index (χ1n) is 8.78. The van der Waals surface area contributed by atoms with Crippen molar-refractivity contribution in [2.75, 3.05) is 17.6 Å². The molecule has 1 N–H and O–H groups in total. The Bertz CT molecular complexity index is 949. The molecule has 27 heavy (non-hydrogen) atoms. The van der Waals surface area contributed by atoms with E-state index >= 15 is 0 Å². The van der Waals surface area contributed by atoms with Gasteiger partial charge in [0.25, 0.3) is 5.91 Å². The largest absolute Gasteiger partial charge is 0.290 e. The molecule has 0 spiro atoms. The van der Waals surface area contributed by atoms with Crippen molar-refractivity contribution in [1.82, 2.24) is 14.3 Å². The van der Waals surface area contributed by atoms with Gasteiger partial charge in [-0.2, -0.15) is 4.31 Å². The number of sulfonamides is 1. The predicted molar refractivity (Wildman–Crippen MR) is 99.2 cm³/mol. The Morgan fingerprint density at radius 1 is 1.37 bits per heavy atom. The van der Waals surface area contributed by atoms with Crippen molar-refractivity contribution in [2.24, 2.45) is 0 Å². The first kappa shape index (κ1) is 19.4. The quantitative estimate of drug-likeness (QED) is 0.815. The van der Waals surface area contributed by atoms with Gasteiger partial charge in [-0.15, -0.1) is 0 Å². The summed E-state index contributed by atoms with van der Waals surface area (Å²) in [7, 11) is -3.28. The van der Waals surface area contributed by atoms with Crippen LogP contribution in [0.5, 0.6) is 0 Å². The van der Waals surface area contributed by atoms with Crippen LogP contribution in [0.1, 0.15) is 41.4 Å². The molecule has 0 radical (unpaired) electrons. The van der Waals surface area contributed by atoms with E-state index in [4.69, 9.17) is 0 Å². The number of aromatic nitrogens is 2. The van der Waals surface area contributed by atoms with Gasteiger partial charge in [0, 0.05) is 36.8 Å². The van der Waals surface area contributed by atoms with Crippen molar-refractivity contribution < 1.29 is 17.6 Å². The Morgan fingerprint density at radius 3 is 2.93 bits per heavy atom. The SMILES string of the molecule is CCCCS(=O)(=O)N1CCc2nc(NC(=O)c3cccc(F)c3)ncc2C1. The van der Waals surface area contributed by atoms with E-state index in [1.165, 1.54) is 28.7 Å². The lowest BCUT2D eigenvalue weighted by atomic mass is 10.1. The average Bonchev–Trinajstić information content (AvgIpc) is 2.66. The number of carbonyl (C=O) groups is 1. The maximum atomic E-state index is 13.2. The molecule has 7 nitrogen and oxygen atoms in total. The van der Waals surface area contributed by atoms with Crippen molar-refractivity contribution in [3.05, 3.63) is 53.1 Å². The summed E-state index contributed by atoms with van der Waals surface area (Å²) in [5, 5.41) is 2.55. The highest BCUT2D eigenvalue weighted by atomic mass is 32.2. The van der Waals surface area contributed by atoms with E-state index in [2.05, 4.69) is 15.3 Å². The molecular weight excluding hydrogens is 371 g/mol. The third-order valence-corrected chi connectivity index (χ3v) is 6.26. The van der Waals surface area contributed by atoms with Crippen LogP contribution in [0.4, 0.5) is 10.3 Å². The van der Waals surface area contributed by atoms with Crippen LogP contribution in [-0.4, -0.2) is 40.9 Å². The summed E-state index contributed by atoms with van der Waals surface area (Å²) in [5.41, 5.74) is 1.61. The predicted octanol–water partition coefficient (Wildman–Crippen LogP) is 2.36. The minimum atomic E-state index is -3.28. The number of halogens is 1. The van der Waals surface area contributed by atoms with Crippen molar-refractivity contribution >= 4 is 21.9 Å². The number of nitrogens with one attached hydrogen (secondary N) is 1. The highest BCUT2D eigenvalue weighted by molar-refractivity contribution is 7.89. The monoisotopic (exact) mass is 392 g/mol. The number of hydrogen-bond acceptors (Lipinski definition) is 5. The topological polar surface area (TPSA) is 92.3 Å². The molecule has 1 amide bonds. The van der Waals surface area contributed by atoms with E-state index in [1.807, 2.05) is 6.92 Å². The zero-order chi connectivity index (χ0) is 19.4. The molecule has 1 aromatic heterocycles. The van der Waals surface area contributed by atoms with Crippen LogP contribution in [0.15, 0.2) is 30.5 Å². The summed E-state index contributed by atoms with van der Waals surface area (Å²) in [6.45, 7) is 2.54. The number of carbonyl (C=O) groups excluding carboxylic acids is 1. The fraction of sp³-hybridized carbons (Fsp3) is 0.389. The maximum absolute atomic E-state index is 13.2. The standard InChI is InChI=1S/C18H21FN4O3S/c1-2-3-9-27(25,26)23-8-7-16-14(12-23)11-20-18(21-16)22-17(24)13-5-4-6-15(19)10-13/h4-6,10-11H,2-3,7-9,12H2,1H3,(H,20,21,22,24). The van der Waals surface area contributed by atoms with E-state index in [-0.39, 0.29) is 23.8 Å². The molecule has 0 atom stereocenters. The van der Waals surface area contributed by atoms with Crippen LogP contribution in [0, 0.1) is 5.82 Å². The highest BCUT2D eigenvalue weighted by Crippen LogP contribution is 2.21. The fourth-order valence-electron chi connectivity index (χ4n) is 2.85. The number of anilines is 1. The van der Waals surface area contributed by atoms with Crippen LogP contribution < -0.4 is 5.32 Å². The Balaban J connectivity index is 1.71. The van der Waals surface area contributed by atoms with Gasteiger partial charge in [-0.3, -0.25) is 10.1 Å². The zero-order valence-corrected chi connectivity index (χ0v) is 15.8.